The van der Waals surface area contributed by atoms with Crippen molar-refractivity contribution < 1.29 is 30.7 Å². The Morgan fingerprint density at radius 1 is 1.03 bits per heavy atom. The Morgan fingerprint density at radius 3 is 2.35 bits per heavy atom. The van der Waals surface area contributed by atoms with Gasteiger partial charge in [0.05, 0.1) is 16.7 Å². The van der Waals surface area contributed by atoms with Crippen LogP contribution in [-0.2, 0) is 20.9 Å². The molecule has 0 bridgehead atoms. The van der Waals surface area contributed by atoms with Crippen molar-refractivity contribution in [1.29, 1.82) is 0 Å². The van der Waals surface area contributed by atoms with Gasteiger partial charge in [-0.1, -0.05) is 0 Å². The average molecular weight is 522 g/mol. The van der Waals surface area contributed by atoms with E-state index in [9.17, 15) is 26.0 Å². The van der Waals surface area contributed by atoms with Gasteiger partial charge in [0.1, 0.15) is 10.0 Å². The lowest BCUT2D eigenvalue weighted by Crippen LogP contribution is -2.54. The van der Waals surface area contributed by atoms with Gasteiger partial charge in [-0.25, -0.2) is 12.8 Å². The lowest BCUT2D eigenvalue weighted by atomic mass is 10.1. The summed E-state index contributed by atoms with van der Waals surface area (Å²) in [7, 11) is -2.11. The zero-order chi connectivity index (χ0) is 24.7. The fourth-order valence-corrected chi connectivity index (χ4v) is 7.66. The van der Waals surface area contributed by atoms with Crippen LogP contribution >= 0.6 is 11.3 Å². The summed E-state index contributed by atoms with van der Waals surface area (Å²) in [6.07, 6.45) is -2.75. The minimum Gasteiger partial charge on any atom is -0.381 e. The average Bonchev–Trinajstić information content (AvgIpc) is 3.29. The molecule has 2 aromatic rings. The van der Waals surface area contributed by atoms with Gasteiger partial charge in [-0.3, -0.25) is 0 Å². The van der Waals surface area contributed by atoms with Crippen molar-refractivity contribution in [3.8, 4) is 0 Å². The summed E-state index contributed by atoms with van der Waals surface area (Å²) < 4.78 is 87.5. The Hall–Kier alpha value is -1.89. The summed E-state index contributed by atoms with van der Waals surface area (Å²) in [5.41, 5.74) is -1.20. The molecule has 1 atom stereocenters. The second-order valence-electron chi connectivity index (χ2n) is 8.58. The summed E-state index contributed by atoms with van der Waals surface area (Å²) in [6.45, 7) is 3.41. The number of piperidine rings is 1. The van der Waals surface area contributed by atoms with Gasteiger partial charge in [-0.05, 0) is 50.1 Å². The molecule has 12 heteroatoms. The summed E-state index contributed by atoms with van der Waals surface area (Å²) in [5, 5.41) is 0.876. The van der Waals surface area contributed by atoms with Crippen LogP contribution in [0.1, 0.15) is 25.3 Å². The van der Waals surface area contributed by atoms with Crippen LogP contribution < -0.4 is 9.80 Å². The number of rotatable bonds is 5. The van der Waals surface area contributed by atoms with Crippen molar-refractivity contribution in [2.24, 2.45) is 0 Å². The quantitative estimate of drug-likeness (QED) is 0.546. The Balaban J connectivity index is 1.49. The van der Waals surface area contributed by atoms with E-state index in [1.54, 1.807) is 26.2 Å². The molecule has 3 heterocycles. The van der Waals surface area contributed by atoms with E-state index in [1.807, 2.05) is 0 Å². The largest absolute Gasteiger partial charge is 0.418 e. The highest BCUT2D eigenvalue weighted by Gasteiger charge is 2.39. The van der Waals surface area contributed by atoms with E-state index in [2.05, 4.69) is 4.90 Å². The molecule has 1 aromatic carbocycles. The molecule has 0 radical (unpaired) electrons. The van der Waals surface area contributed by atoms with E-state index in [1.165, 1.54) is 20.5 Å². The van der Waals surface area contributed by atoms with Crippen LogP contribution in [-0.4, -0.2) is 64.7 Å². The summed E-state index contributed by atoms with van der Waals surface area (Å²) in [4.78, 5) is 3.62. The molecule has 2 aliphatic heterocycles. The third-order valence-electron chi connectivity index (χ3n) is 6.39. The topological polar surface area (TPSA) is 53.1 Å². The maximum absolute atomic E-state index is 13.5. The number of sulfonamides is 1. The van der Waals surface area contributed by atoms with Crippen LogP contribution in [0.2, 0.25) is 0 Å². The van der Waals surface area contributed by atoms with Gasteiger partial charge in [-0.2, -0.15) is 17.5 Å². The number of anilines is 2. The minimum atomic E-state index is -4.71. The monoisotopic (exact) mass is 521 g/mol. The van der Waals surface area contributed by atoms with Gasteiger partial charge in [0.15, 0.2) is 0 Å². The predicted octanol–water partition coefficient (Wildman–Crippen LogP) is 4.42. The molecule has 6 nitrogen and oxygen atoms in total. The number of halogens is 4. The Kier molecular flexibility index (Phi) is 7.14. The van der Waals surface area contributed by atoms with Gasteiger partial charge in [0.2, 0.25) is 0 Å². The maximum Gasteiger partial charge on any atom is 0.418 e. The smallest absolute Gasteiger partial charge is 0.381 e. The fraction of sp³-hybridized carbons (Fsp3) is 0.545. The maximum atomic E-state index is 13.5. The second kappa shape index (κ2) is 9.63. The molecule has 2 fully saturated rings. The third kappa shape index (κ3) is 5.05. The van der Waals surface area contributed by atoms with Crippen LogP contribution in [0.15, 0.2) is 34.5 Å². The first kappa shape index (κ1) is 25.2. The van der Waals surface area contributed by atoms with Crippen LogP contribution in [0.3, 0.4) is 0 Å². The Labute approximate surface area is 200 Å². The third-order valence-corrected chi connectivity index (χ3v) is 10.0. The molecular formula is C22H27F4N3O3S2. The van der Waals surface area contributed by atoms with E-state index in [4.69, 9.17) is 4.74 Å². The highest BCUT2D eigenvalue weighted by Crippen LogP contribution is 2.39. The number of methoxy groups -OCH3 is 1. The highest BCUT2D eigenvalue weighted by molar-refractivity contribution is 7.91. The molecule has 0 saturated carbocycles. The van der Waals surface area contributed by atoms with Crippen molar-refractivity contribution >= 4 is 32.0 Å². The Morgan fingerprint density at radius 2 is 1.74 bits per heavy atom. The molecular weight excluding hydrogens is 494 g/mol. The molecule has 4 rings (SSSR count). The summed E-state index contributed by atoms with van der Waals surface area (Å²) in [6, 6.07) is 5.41. The first-order chi connectivity index (χ1) is 16.0. The van der Waals surface area contributed by atoms with Crippen molar-refractivity contribution in [3.63, 3.8) is 0 Å². The van der Waals surface area contributed by atoms with Crippen molar-refractivity contribution in [3.05, 3.63) is 41.7 Å². The van der Waals surface area contributed by atoms with E-state index >= 15 is 0 Å². The van der Waals surface area contributed by atoms with Crippen molar-refractivity contribution in [1.82, 2.24) is 4.31 Å². The number of nitrogens with zero attached hydrogens (tertiary/aromatic N) is 3. The molecule has 0 aliphatic carbocycles. The van der Waals surface area contributed by atoms with Gasteiger partial charge in [-0.15, -0.1) is 11.3 Å². The van der Waals surface area contributed by atoms with E-state index in [-0.39, 0.29) is 35.6 Å². The summed E-state index contributed by atoms with van der Waals surface area (Å²) >= 11 is 1.21. The lowest BCUT2D eigenvalue weighted by Gasteiger charge is -2.40. The SMILES string of the molecule is COC1CCN(c2ccc(S(=O)(=O)N3CCN(c4ccc(F)cc4C(F)(F)F)CC3C)s2)CC1. The molecule has 2 saturated heterocycles. The van der Waals surface area contributed by atoms with Crippen LogP contribution in [0.25, 0.3) is 0 Å². The Bertz CT molecular complexity index is 1110. The minimum absolute atomic E-state index is 0.0324. The molecule has 2 aliphatic rings. The van der Waals surface area contributed by atoms with Gasteiger partial charge in [0.25, 0.3) is 10.0 Å². The number of hydrogen-bond acceptors (Lipinski definition) is 6. The molecule has 34 heavy (non-hydrogen) atoms. The zero-order valence-electron chi connectivity index (χ0n) is 18.9. The standard InChI is InChI=1S/C22H27F4N3O3S2/c1-15-14-28(19-4-3-16(23)13-18(19)22(24,25)26)11-12-29(15)34(30,31)21-6-5-20(33-21)27-9-7-17(32-2)8-10-27/h3-6,13,15,17H,7-12,14H2,1-2H3. The number of ether oxygens (including phenoxy) is 1. The number of alkyl halides is 3. The van der Waals surface area contributed by atoms with E-state index in [0.717, 1.165) is 43.1 Å². The molecule has 0 N–H and O–H groups in total. The van der Waals surface area contributed by atoms with Gasteiger partial charge in [0, 0.05) is 51.6 Å². The van der Waals surface area contributed by atoms with Crippen molar-refractivity contribution in [2.75, 3.05) is 49.6 Å². The number of thiophene rings is 1. The first-order valence-electron chi connectivity index (χ1n) is 11.0. The van der Waals surface area contributed by atoms with Crippen molar-refractivity contribution in [2.45, 2.75) is 42.3 Å². The first-order valence-corrected chi connectivity index (χ1v) is 13.3. The molecule has 1 unspecified atom stereocenters. The fourth-order valence-electron chi connectivity index (χ4n) is 4.57. The molecule has 0 amide bonds. The van der Waals surface area contributed by atoms with E-state index in [0.29, 0.717) is 6.07 Å². The molecule has 1 aromatic heterocycles. The van der Waals surface area contributed by atoms with Crippen LogP contribution in [0, 0.1) is 5.82 Å². The molecule has 188 valence electrons. The van der Waals surface area contributed by atoms with Gasteiger partial charge >= 0.3 is 6.18 Å². The predicted molar refractivity (Wildman–Crippen MR) is 124 cm³/mol. The highest BCUT2D eigenvalue weighted by atomic mass is 32.2. The normalized spacial score (nSPS) is 21.3. The second-order valence-corrected chi connectivity index (χ2v) is 11.8. The number of benzene rings is 1. The van der Waals surface area contributed by atoms with Crippen LogP contribution in [0.5, 0.6) is 0 Å². The summed E-state index contributed by atoms with van der Waals surface area (Å²) in [5.74, 6) is -0.967. The van der Waals surface area contributed by atoms with Gasteiger partial charge < -0.3 is 14.5 Å². The van der Waals surface area contributed by atoms with Crippen LogP contribution in [0.4, 0.5) is 28.3 Å². The molecule has 0 spiro atoms. The van der Waals surface area contributed by atoms with E-state index < -0.39 is 33.6 Å². The number of piperazine rings is 1. The number of hydrogen-bond donors (Lipinski definition) is 0. The lowest BCUT2D eigenvalue weighted by molar-refractivity contribution is -0.137. The zero-order valence-corrected chi connectivity index (χ0v) is 20.5.